The monoisotopic (exact) mass is 322 g/mol. The predicted molar refractivity (Wildman–Crippen MR) is 82.4 cm³/mol. The van der Waals surface area contributed by atoms with Gasteiger partial charge in [-0.25, -0.2) is 0 Å². The van der Waals surface area contributed by atoms with Gasteiger partial charge in [0.2, 0.25) is 0 Å². The molecule has 0 spiro atoms. The number of alkyl halides is 1. The van der Waals surface area contributed by atoms with E-state index in [9.17, 15) is 0 Å². The third kappa shape index (κ3) is 14.5. The second-order valence-corrected chi connectivity index (χ2v) is 5.56. The molecule has 0 radical (unpaired) electrons. The van der Waals surface area contributed by atoms with Crippen LogP contribution in [-0.2, 0) is 9.47 Å². The number of rotatable bonds is 14. The minimum atomic E-state index is -0.0376. The van der Waals surface area contributed by atoms with Gasteiger partial charge in [-0.3, -0.25) is 0 Å². The maximum Gasteiger partial charge on any atom is 0.154 e. The Morgan fingerprint density at radius 1 is 0.778 bits per heavy atom. The van der Waals surface area contributed by atoms with Crippen LogP contribution in [0.3, 0.4) is 0 Å². The van der Waals surface area contributed by atoms with E-state index < -0.39 is 0 Å². The zero-order chi connectivity index (χ0) is 13.5. The minimum absolute atomic E-state index is 0.0376. The highest BCUT2D eigenvalue weighted by molar-refractivity contribution is 9.09. The van der Waals surface area contributed by atoms with E-state index in [2.05, 4.69) is 15.9 Å². The van der Waals surface area contributed by atoms with Crippen molar-refractivity contribution < 1.29 is 9.47 Å². The maximum absolute atomic E-state index is 5.53. The minimum Gasteiger partial charge on any atom is -0.353 e. The fourth-order valence-corrected chi connectivity index (χ4v) is 2.36. The molecule has 0 saturated carbocycles. The summed E-state index contributed by atoms with van der Waals surface area (Å²) in [4.78, 5) is 0. The molecule has 0 aliphatic heterocycles. The van der Waals surface area contributed by atoms with Crippen molar-refractivity contribution in [3.05, 3.63) is 0 Å². The molecule has 0 saturated heterocycles. The van der Waals surface area contributed by atoms with Crippen LogP contribution >= 0.6 is 15.9 Å². The average molecular weight is 323 g/mol. The van der Waals surface area contributed by atoms with Gasteiger partial charge >= 0.3 is 0 Å². The van der Waals surface area contributed by atoms with Crippen LogP contribution in [0.1, 0.15) is 71.6 Å². The quantitative estimate of drug-likeness (QED) is 0.246. The molecule has 2 nitrogen and oxygen atoms in total. The Kier molecular flexibility index (Phi) is 15.8. The summed E-state index contributed by atoms with van der Waals surface area (Å²) in [6, 6.07) is 0. The van der Waals surface area contributed by atoms with Gasteiger partial charge in [-0.2, -0.15) is 0 Å². The lowest BCUT2D eigenvalue weighted by Gasteiger charge is -2.12. The van der Waals surface area contributed by atoms with Crippen LogP contribution in [0.25, 0.3) is 0 Å². The molecule has 0 unspecified atom stereocenters. The van der Waals surface area contributed by atoms with Crippen LogP contribution in [0.2, 0.25) is 0 Å². The molecule has 0 bridgehead atoms. The Bertz CT molecular complexity index is 153. The van der Waals surface area contributed by atoms with Gasteiger partial charge in [-0.1, -0.05) is 60.9 Å². The third-order valence-corrected chi connectivity index (χ3v) is 3.59. The summed E-state index contributed by atoms with van der Waals surface area (Å²) in [5.41, 5.74) is 0. The van der Waals surface area contributed by atoms with Crippen molar-refractivity contribution in [1.29, 1.82) is 0 Å². The second kappa shape index (κ2) is 15.5. The Morgan fingerprint density at radius 3 is 1.78 bits per heavy atom. The summed E-state index contributed by atoms with van der Waals surface area (Å²) in [7, 11) is 0. The highest BCUT2D eigenvalue weighted by atomic mass is 79.9. The molecular formula is C15H31BrO2. The zero-order valence-corrected chi connectivity index (χ0v) is 13.8. The first-order chi connectivity index (χ1) is 8.81. The number of hydrogen-bond acceptors (Lipinski definition) is 2. The van der Waals surface area contributed by atoms with Crippen LogP contribution < -0.4 is 0 Å². The molecule has 0 aromatic heterocycles. The van der Waals surface area contributed by atoms with E-state index in [4.69, 9.17) is 9.47 Å². The van der Waals surface area contributed by atoms with Gasteiger partial charge in [0, 0.05) is 18.5 Å². The zero-order valence-electron chi connectivity index (χ0n) is 12.3. The molecular weight excluding hydrogens is 292 g/mol. The Hall–Kier alpha value is 0.400. The largest absolute Gasteiger partial charge is 0.353 e. The molecule has 0 aliphatic rings. The van der Waals surface area contributed by atoms with Crippen LogP contribution in [0.4, 0.5) is 0 Å². The van der Waals surface area contributed by atoms with Crippen molar-refractivity contribution >= 4 is 15.9 Å². The predicted octanol–water partition coefficient (Wildman–Crippen LogP) is 5.29. The van der Waals surface area contributed by atoms with E-state index in [0.29, 0.717) is 0 Å². The van der Waals surface area contributed by atoms with Crippen molar-refractivity contribution in [2.24, 2.45) is 0 Å². The molecule has 1 atom stereocenters. The number of hydrogen-bond donors (Lipinski definition) is 0. The molecule has 3 heteroatoms. The molecule has 0 amide bonds. The fourth-order valence-electron chi connectivity index (χ4n) is 1.97. The molecule has 18 heavy (non-hydrogen) atoms. The van der Waals surface area contributed by atoms with Gasteiger partial charge in [0.1, 0.15) is 0 Å². The highest BCUT2D eigenvalue weighted by Gasteiger charge is 1.99. The number of ether oxygens (including phenoxy) is 2. The first-order valence-electron chi connectivity index (χ1n) is 7.60. The van der Waals surface area contributed by atoms with E-state index in [1.54, 1.807) is 0 Å². The lowest BCUT2D eigenvalue weighted by molar-refractivity contribution is -0.127. The highest BCUT2D eigenvalue weighted by Crippen LogP contribution is 2.10. The van der Waals surface area contributed by atoms with Crippen LogP contribution in [0, 0.1) is 0 Å². The number of unbranched alkanes of at least 4 members (excludes halogenated alkanes) is 8. The molecule has 0 aliphatic carbocycles. The molecule has 0 aromatic rings. The van der Waals surface area contributed by atoms with Gasteiger partial charge < -0.3 is 9.47 Å². The molecule has 0 N–H and O–H groups in total. The van der Waals surface area contributed by atoms with Crippen LogP contribution in [0.15, 0.2) is 0 Å². The molecule has 0 fully saturated rings. The summed E-state index contributed by atoms with van der Waals surface area (Å²) in [6.45, 7) is 5.54. The summed E-state index contributed by atoms with van der Waals surface area (Å²) < 4.78 is 10.8. The SMILES string of the molecule is CCO[C@@H](C)OCCCCCCCCCCCBr. The van der Waals surface area contributed by atoms with Crippen molar-refractivity contribution in [1.82, 2.24) is 0 Å². The first kappa shape index (κ1) is 18.4. The standard InChI is InChI=1S/C15H31BrO2/c1-3-17-15(2)18-14-12-10-8-6-4-5-7-9-11-13-16/h15H,3-14H2,1-2H3/t15-/m1/s1. The molecule has 0 aromatic carbocycles. The van der Waals surface area contributed by atoms with Crippen LogP contribution in [0.5, 0.6) is 0 Å². The van der Waals surface area contributed by atoms with E-state index in [1.807, 2.05) is 13.8 Å². The van der Waals surface area contributed by atoms with E-state index in [1.165, 1.54) is 57.8 Å². The molecule has 0 heterocycles. The van der Waals surface area contributed by atoms with Gasteiger partial charge in [0.15, 0.2) is 6.29 Å². The van der Waals surface area contributed by atoms with E-state index in [0.717, 1.165) is 18.5 Å². The summed E-state index contributed by atoms with van der Waals surface area (Å²) >= 11 is 3.47. The topological polar surface area (TPSA) is 18.5 Å². The fraction of sp³-hybridized carbons (Fsp3) is 1.00. The number of halogens is 1. The normalized spacial score (nSPS) is 12.8. The Balaban J connectivity index is 2.98. The lowest BCUT2D eigenvalue weighted by atomic mass is 10.1. The third-order valence-electron chi connectivity index (χ3n) is 3.03. The summed E-state index contributed by atoms with van der Waals surface area (Å²) in [5, 5.41) is 1.16. The maximum atomic E-state index is 5.53. The van der Waals surface area contributed by atoms with Crippen molar-refractivity contribution in [2.45, 2.75) is 77.9 Å². The van der Waals surface area contributed by atoms with E-state index >= 15 is 0 Å². The second-order valence-electron chi connectivity index (χ2n) is 4.76. The first-order valence-corrected chi connectivity index (χ1v) is 8.72. The summed E-state index contributed by atoms with van der Waals surface area (Å²) in [6.07, 6.45) is 12.1. The molecule has 110 valence electrons. The van der Waals surface area contributed by atoms with Gasteiger partial charge in [-0.05, 0) is 26.7 Å². The van der Waals surface area contributed by atoms with Crippen molar-refractivity contribution in [2.75, 3.05) is 18.5 Å². The summed E-state index contributed by atoms with van der Waals surface area (Å²) in [5.74, 6) is 0. The van der Waals surface area contributed by atoms with Gasteiger partial charge in [-0.15, -0.1) is 0 Å². The van der Waals surface area contributed by atoms with Crippen molar-refractivity contribution in [3.8, 4) is 0 Å². The Labute approximate surface area is 122 Å². The van der Waals surface area contributed by atoms with Gasteiger partial charge in [0.25, 0.3) is 0 Å². The van der Waals surface area contributed by atoms with Crippen LogP contribution in [-0.4, -0.2) is 24.8 Å². The lowest BCUT2D eigenvalue weighted by Crippen LogP contribution is -2.13. The van der Waals surface area contributed by atoms with E-state index in [-0.39, 0.29) is 6.29 Å². The Morgan fingerprint density at radius 2 is 1.28 bits per heavy atom. The smallest absolute Gasteiger partial charge is 0.154 e. The average Bonchev–Trinajstić information content (AvgIpc) is 2.36. The van der Waals surface area contributed by atoms with Crippen molar-refractivity contribution in [3.63, 3.8) is 0 Å². The van der Waals surface area contributed by atoms with Gasteiger partial charge in [0.05, 0.1) is 0 Å². The molecule has 0 rings (SSSR count).